The lowest BCUT2D eigenvalue weighted by Crippen LogP contribution is -2.34. The molecule has 3 heteroatoms. The molecule has 0 atom stereocenters. The molecule has 2 rings (SSSR count). The van der Waals surface area contributed by atoms with Crippen molar-refractivity contribution in [1.82, 2.24) is 0 Å². The zero-order chi connectivity index (χ0) is 10.7. The summed E-state index contributed by atoms with van der Waals surface area (Å²) in [4.78, 5) is 0. The fourth-order valence-corrected chi connectivity index (χ4v) is 3.78. The molecule has 80 valence electrons. The van der Waals surface area contributed by atoms with Gasteiger partial charge in [-0.25, -0.2) is 4.57 Å². The average Bonchev–Trinajstić information content (AvgIpc) is 2.71. The third kappa shape index (κ3) is 3.02. The molecule has 0 bridgehead atoms. The van der Waals surface area contributed by atoms with Crippen LogP contribution in [0, 0.1) is 0 Å². The van der Waals surface area contributed by atoms with Crippen molar-refractivity contribution >= 4 is 29.6 Å². The number of hydrogen-bond donors (Lipinski definition) is 0. The van der Waals surface area contributed by atoms with Crippen molar-refractivity contribution in [2.75, 3.05) is 11.5 Å². The molecule has 0 radical (unpaired) electrons. The Balaban J connectivity index is 2.13. The highest BCUT2D eigenvalue weighted by molar-refractivity contribution is 8.25. The number of aromatic nitrogens is 1. The third-order valence-electron chi connectivity index (χ3n) is 2.33. The second-order valence-electron chi connectivity index (χ2n) is 3.83. The van der Waals surface area contributed by atoms with Crippen LogP contribution >= 0.6 is 23.5 Å². The lowest BCUT2D eigenvalue weighted by atomic mass is 10.2. The smallest absolute Gasteiger partial charge is 0.169 e. The van der Waals surface area contributed by atoms with Crippen molar-refractivity contribution in [3.8, 4) is 0 Å². The summed E-state index contributed by atoms with van der Waals surface area (Å²) >= 11 is 3.93. The van der Waals surface area contributed by atoms with E-state index in [9.17, 15) is 0 Å². The van der Waals surface area contributed by atoms with Crippen LogP contribution in [0.25, 0.3) is 6.08 Å². The molecule has 0 unspecified atom stereocenters. The van der Waals surface area contributed by atoms with Crippen LogP contribution in [0.4, 0.5) is 0 Å². The van der Waals surface area contributed by atoms with Crippen LogP contribution in [-0.2, 0) is 0 Å². The van der Waals surface area contributed by atoms with Crippen molar-refractivity contribution in [2.45, 2.75) is 19.9 Å². The fraction of sp³-hybridized carbons (Fsp3) is 0.417. The van der Waals surface area contributed by atoms with E-state index in [1.807, 2.05) is 23.5 Å². The minimum absolute atomic E-state index is 0.543. The molecule has 0 amide bonds. The molecule has 15 heavy (non-hydrogen) atoms. The summed E-state index contributed by atoms with van der Waals surface area (Å²) in [7, 11) is 0. The van der Waals surface area contributed by atoms with Crippen LogP contribution in [-0.4, -0.2) is 11.5 Å². The van der Waals surface area contributed by atoms with E-state index in [0.717, 1.165) is 0 Å². The number of rotatable bonds is 2. The maximum absolute atomic E-state index is 2.28. The van der Waals surface area contributed by atoms with Gasteiger partial charge in [0.25, 0.3) is 0 Å². The first-order chi connectivity index (χ1) is 7.25. The molecule has 1 saturated heterocycles. The summed E-state index contributed by atoms with van der Waals surface area (Å²) in [5.74, 6) is 2.52. The lowest BCUT2D eigenvalue weighted by molar-refractivity contribution is -0.716. The van der Waals surface area contributed by atoms with E-state index in [2.05, 4.69) is 49.0 Å². The van der Waals surface area contributed by atoms with E-state index in [-0.39, 0.29) is 0 Å². The molecule has 1 nitrogen and oxygen atoms in total. The van der Waals surface area contributed by atoms with Gasteiger partial charge in [0.15, 0.2) is 18.4 Å². The Labute approximate surface area is 100.0 Å². The molecule has 0 spiro atoms. The van der Waals surface area contributed by atoms with Crippen molar-refractivity contribution in [1.29, 1.82) is 0 Å². The molecular formula is C12H16NS2+. The van der Waals surface area contributed by atoms with Crippen molar-refractivity contribution in [2.24, 2.45) is 0 Å². The maximum Gasteiger partial charge on any atom is 0.169 e. The van der Waals surface area contributed by atoms with E-state index in [4.69, 9.17) is 0 Å². The highest BCUT2D eigenvalue weighted by Gasteiger charge is 2.08. The highest BCUT2D eigenvalue weighted by Crippen LogP contribution is 2.37. The van der Waals surface area contributed by atoms with E-state index in [0.29, 0.717) is 6.04 Å². The van der Waals surface area contributed by atoms with Crippen LogP contribution in [0.15, 0.2) is 28.8 Å². The van der Waals surface area contributed by atoms with Crippen LogP contribution in [0.3, 0.4) is 0 Å². The van der Waals surface area contributed by atoms with E-state index >= 15 is 0 Å². The summed E-state index contributed by atoms with van der Waals surface area (Å²) in [5, 5.41) is 0. The predicted molar refractivity (Wildman–Crippen MR) is 69.9 cm³/mol. The molecule has 0 saturated carbocycles. The third-order valence-corrected chi connectivity index (χ3v) is 4.92. The van der Waals surface area contributed by atoms with Crippen LogP contribution in [0.5, 0.6) is 0 Å². The number of pyridine rings is 1. The van der Waals surface area contributed by atoms with Crippen LogP contribution in [0.1, 0.15) is 25.5 Å². The summed E-state index contributed by atoms with van der Waals surface area (Å²) < 4.78 is 3.68. The van der Waals surface area contributed by atoms with E-state index < -0.39 is 0 Å². The molecule has 0 N–H and O–H groups in total. The van der Waals surface area contributed by atoms with Gasteiger partial charge < -0.3 is 0 Å². The molecule has 1 fully saturated rings. The minimum Gasteiger partial charge on any atom is -0.203 e. The second-order valence-corrected chi connectivity index (χ2v) is 6.36. The zero-order valence-corrected chi connectivity index (χ0v) is 10.8. The first-order valence-electron chi connectivity index (χ1n) is 5.24. The maximum atomic E-state index is 2.28. The summed E-state index contributed by atoms with van der Waals surface area (Å²) in [6.45, 7) is 4.39. The standard InChI is InChI=1S/C12H16NS2/c1-10(2)13-5-3-11(4-6-13)9-12-14-7-8-15-12/h3-6,9-10H,7-8H2,1-2H3/q+1. The van der Waals surface area contributed by atoms with Crippen molar-refractivity contribution < 1.29 is 4.57 Å². The average molecular weight is 238 g/mol. The lowest BCUT2D eigenvalue weighted by Gasteiger charge is -2.00. The first kappa shape index (κ1) is 11.1. The molecule has 2 heterocycles. The van der Waals surface area contributed by atoms with Gasteiger partial charge in [-0.05, 0) is 25.5 Å². The Hall–Kier alpha value is -0.410. The Bertz CT molecular complexity index is 346. The number of hydrogen-bond acceptors (Lipinski definition) is 2. The molecule has 1 aliphatic heterocycles. The topological polar surface area (TPSA) is 3.88 Å². The van der Waals surface area contributed by atoms with Gasteiger partial charge in [0.05, 0.1) is 0 Å². The van der Waals surface area contributed by atoms with E-state index in [1.54, 1.807) is 0 Å². The minimum atomic E-state index is 0.543. The monoisotopic (exact) mass is 238 g/mol. The molecule has 1 aliphatic rings. The quantitative estimate of drug-likeness (QED) is 0.728. The zero-order valence-electron chi connectivity index (χ0n) is 9.14. The second kappa shape index (κ2) is 5.08. The molecule has 1 aromatic rings. The molecule has 1 aromatic heterocycles. The van der Waals surface area contributed by atoms with Gasteiger partial charge in [-0.3, -0.25) is 0 Å². The van der Waals surface area contributed by atoms with Gasteiger partial charge in [0.2, 0.25) is 0 Å². The molecular weight excluding hydrogens is 222 g/mol. The van der Waals surface area contributed by atoms with Gasteiger partial charge in [-0.1, -0.05) is 0 Å². The predicted octanol–water partition coefficient (Wildman–Crippen LogP) is 3.33. The Morgan fingerprint density at radius 1 is 1.20 bits per heavy atom. The number of nitrogens with zero attached hydrogens (tertiary/aromatic N) is 1. The SMILES string of the molecule is CC(C)[n+]1ccc(C=C2SCCS2)cc1. The van der Waals surface area contributed by atoms with Gasteiger partial charge in [-0.15, -0.1) is 23.5 Å². The van der Waals surface area contributed by atoms with Crippen LogP contribution < -0.4 is 4.57 Å². The number of thioether (sulfide) groups is 2. The first-order valence-corrected chi connectivity index (χ1v) is 7.21. The van der Waals surface area contributed by atoms with Crippen LogP contribution in [0.2, 0.25) is 0 Å². The summed E-state index contributed by atoms with van der Waals surface area (Å²) in [6.07, 6.45) is 6.59. The van der Waals surface area contributed by atoms with Gasteiger partial charge in [0, 0.05) is 27.9 Å². The van der Waals surface area contributed by atoms with Gasteiger partial charge in [0.1, 0.15) is 0 Å². The van der Waals surface area contributed by atoms with Gasteiger partial charge in [-0.2, -0.15) is 0 Å². The van der Waals surface area contributed by atoms with E-state index in [1.165, 1.54) is 21.3 Å². The summed E-state index contributed by atoms with van der Waals surface area (Å²) in [6, 6.07) is 4.92. The normalized spacial score (nSPS) is 16.1. The molecule has 0 aliphatic carbocycles. The largest absolute Gasteiger partial charge is 0.203 e. The van der Waals surface area contributed by atoms with Crippen molar-refractivity contribution in [3.05, 3.63) is 34.3 Å². The molecule has 0 aromatic carbocycles. The summed E-state index contributed by atoms with van der Waals surface area (Å²) in [5.41, 5.74) is 1.31. The van der Waals surface area contributed by atoms with Crippen molar-refractivity contribution in [3.63, 3.8) is 0 Å². The Morgan fingerprint density at radius 3 is 2.33 bits per heavy atom. The Morgan fingerprint density at radius 2 is 1.80 bits per heavy atom. The Kier molecular flexibility index (Phi) is 3.76. The van der Waals surface area contributed by atoms with Gasteiger partial charge >= 0.3 is 0 Å². The fourth-order valence-electron chi connectivity index (χ4n) is 1.44. The highest BCUT2D eigenvalue weighted by atomic mass is 32.2.